The zero-order valence-electron chi connectivity index (χ0n) is 11.2. The summed E-state index contributed by atoms with van der Waals surface area (Å²) in [5.74, 6) is 0.729. The molecule has 96 valence electrons. The maximum Gasteiger partial charge on any atom is 0.0331 e. The zero-order chi connectivity index (χ0) is 12.3. The highest BCUT2D eigenvalue weighted by molar-refractivity contribution is 7.10. The summed E-state index contributed by atoms with van der Waals surface area (Å²) in [6.45, 7) is 11.5. The molecule has 2 rings (SSSR count). The summed E-state index contributed by atoms with van der Waals surface area (Å²) < 4.78 is 0. The largest absolute Gasteiger partial charge is 0.311 e. The zero-order valence-corrected chi connectivity index (χ0v) is 12.0. The second kappa shape index (κ2) is 5.98. The van der Waals surface area contributed by atoms with Crippen molar-refractivity contribution in [1.82, 2.24) is 10.2 Å². The minimum atomic E-state index is 0.661. The Labute approximate surface area is 109 Å². The summed E-state index contributed by atoms with van der Waals surface area (Å²) in [4.78, 5) is 4.17. The van der Waals surface area contributed by atoms with Crippen molar-refractivity contribution in [1.29, 1.82) is 0 Å². The lowest BCUT2D eigenvalue weighted by Gasteiger charge is -2.35. The lowest BCUT2D eigenvalue weighted by atomic mass is 10.0. The van der Waals surface area contributed by atoms with Gasteiger partial charge in [-0.1, -0.05) is 20.8 Å². The van der Waals surface area contributed by atoms with E-state index in [1.54, 1.807) is 4.88 Å². The summed E-state index contributed by atoms with van der Waals surface area (Å²) in [7, 11) is 0. The van der Waals surface area contributed by atoms with E-state index in [0.717, 1.165) is 19.0 Å². The first-order valence-electron chi connectivity index (χ1n) is 6.71. The second-order valence-corrected chi connectivity index (χ2v) is 6.26. The fourth-order valence-corrected chi connectivity index (χ4v) is 3.47. The third-order valence-corrected chi connectivity index (χ3v) is 4.63. The minimum absolute atomic E-state index is 0.661. The number of nitrogens with one attached hydrogen (secondary N) is 1. The van der Waals surface area contributed by atoms with E-state index in [9.17, 15) is 0 Å². The van der Waals surface area contributed by atoms with Crippen LogP contribution < -0.4 is 5.32 Å². The number of rotatable bonds is 4. The van der Waals surface area contributed by atoms with Gasteiger partial charge >= 0.3 is 0 Å². The molecule has 0 bridgehead atoms. The average molecular weight is 252 g/mol. The number of nitrogens with zero attached hydrogens (tertiary/aromatic N) is 1. The van der Waals surface area contributed by atoms with Crippen LogP contribution in [0.25, 0.3) is 0 Å². The van der Waals surface area contributed by atoms with Crippen molar-refractivity contribution in [3.05, 3.63) is 21.9 Å². The fourth-order valence-electron chi connectivity index (χ4n) is 2.46. The molecule has 1 aliphatic heterocycles. The van der Waals surface area contributed by atoms with Crippen LogP contribution in [0.3, 0.4) is 0 Å². The third kappa shape index (κ3) is 3.30. The molecule has 0 amide bonds. The Morgan fingerprint density at radius 3 is 3.06 bits per heavy atom. The first-order valence-corrected chi connectivity index (χ1v) is 7.59. The van der Waals surface area contributed by atoms with Gasteiger partial charge in [-0.05, 0) is 29.3 Å². The van der Waals surface area contributed by atoms with E-state index < -0.39 is 0 Å². The third-order valence-electron chi connectivity index (χ3n) is 3.68. The molecule has 0 spiro atoms. The monoisotopic (exact) mass is 252 g/mol. The van der Waals surface area contributed by atoms with E-state index in [0.29, 0.717) is 6.04 Å². The van der Waals surface area contributed by atoms with Gasteiger partial charge in [0.2, 0.25) is 0 Å². The van der Waals surface area contributed by atoms with Crippen LogP contribution in [-0.4, -0.2) is 30.6 Å². The molecule has 1 unspecified atom stereocenters. The smallest absolute Gasteiger partial charge is 0.0331 e. The van der Waals surface area contributed by atoms with Crippen molar-refractivity contribution in [3.8, 4) is 0 Å². The van der Waals surface area contributed by atoms with Crippen LogP contribution in [0.15, 0.2) is 11.4 Å². The van der Waals surface area contributed by atoms with Crippen molar-refractivity contribution in [2.45, 2.75) is 39.8 Å². The molecular weight excluding hydrogens is 228 g/mol. The molecule has 0 aromatic carbocycles. The molecule has 2 nitrogen and oxygen atoms in total. The van der Waals surface area contributed by atoms with Crippen LogP contribution in [0.1, 0.15) is 31.2 Å². The minimum Gasteiger partial charge on any atom is -0.311 e. The van der Waals surface area contributed by atoms with E-state index >= 15 is 0 Å². The standard InChI is InChI=1S/C14H24N2S/c1-4-12-5-8-17-14(12)10-16-7-6-15-13(9-16)11(2)3/h5,8,11,13,15H,4,6-7,9-10H2,1-3H3. The summed E-state index contributed by atoms with van der Waals surface area (Å²) in [5.41, 5.74) is 1.54. The Balaban J connectivity index is 1.94. The van der Waals surface area contributed by atoms with Gasteiger partial charge in [0.25, 0.3) is 0 Å². The van der Waals surface area contributed by atoms with Gasteiger partial charge in [0.05, 0.1) is 0 Å². The number of aryl methyl sites for hydroxylation is 1. The highest BCUT2D eigenvalue weighted by Gasteiger charge is 2.22. The van der Waals surface area contributed by atoms with E-state index in [1.165, 1.54) is 25.1 Å². The van der Waals surface area contributed by atoms with Gasteiger partial charge in [0, 0.05) is 37.1 Å². The predicted octanol–water partition coefficient (Wildman–Crippen LogP) is 2.74. The lowest BCUT2D eigenvalue weighted by Crippen LogP contribution is -2.52. The average Bonchev–Trinajstić information content (AvgIpc) is 2.76. The van der Waals surface area contributed by atoms with Crippen molar-refractivity contribution in [3.63, 3.8) is 0 Å². The van der Waals surface area contributed by atoms with Crippen molar-refractivity contribution in [2.24, 2.45) is 5.92 Å². The predicted molar refractivity (Wildman–Crippen MR) is 75.6 cm³/mol. The molecule has 1 aliphatic rings. The van der Waals surface area contributed by atoms with Crippen LogP contribution in [0.2, 0.25) is 0 Å². The molecule has 1 saturated heterocycles. The van der Waals surface area contributed by atoms with E-state index in [2.05, 4.69) is 42.4 Å². The maximum absolute atomic E-state index is 3.62. The maximum atomic E-state index is 3.62. The molecule has 2 heterocycles. The van der Waals surface area contributed by atoms with Crippen LogP contribution in [0, 0.1) is 5.92 Å². The van der Waals surface area contributed by atoms with Crippen molar-refractivity contribution in [2.75, 3.05) is 19.6 Å². The summed E-state index contributed by atoms with van der Waals surface area (Å²) in [6, 6.07) is 2.94. The summed E-state index contributed by atoms with van der Waals surface area (Å²) >= 11 is 1.92. The molecule has 1 fully saturated rings. The molecule has 17 heavy (non-hydrogen) atoms. The summed E-state index contributed by atoms with van der Waals surface area (Å²) in [5, 5.41) is 5.85. The van der Waals surface area contributed by atoms with E-state index in [4.69, 9.17) is 0 Å². The molecule has 1 aromatic rings. The van der Waals surface area contributed by atoms with Crippen LogP contribution in [0.5, 0.6) is 0 Å². The van der Waals surface area contributed by atoms with Gasteiger partial charge in [0.1, 0.15) is 0 Å². The van der Waals surface area contributed by atoms with Crippen molar-refractivity contribution >= 4 is 11.3 Å². The summed E-state index contributed by atoms with van der Waals surface area (Å²) in [6.07, 6.45) is 1.17. The highest BCUT2D eigenvalue weighted by atomic mass is 32.1. The van der Waals surface area contributed by atoms with E-state index in [-0.39, 0.29) is 0 Å². The Kier molecular flexibility index (Phi) is 4.60. The Morgan fingerprint density at radius 2 is 2.35 bits per heavy atom. The first-order chi connectivity index (χ1) is 8.20. The van der Waals surface area contributed by atoms with Gasteiger partial charge < -0.3 is 5.32 Å². The fraction of sp³-hybridized carbons (Fsp3) is 0.714. The SMILES string of the molecule is CCc1ccsc1CN1CCNC(C(C)C)C1. The van der Waals surface area contributed by atoms with Gasteiger partial charge in [-0.3, -0.25) is 4.90 Å². The van der Waals surface area contributed by atoms with Crippen molar-refractivity contribution < 1.29 is 0 Å². The highest BCUT2D eigenvalue weighted by Crippen LogP contribution is 2.20. The second-order valence-electron chi connectivity index (χ2n) is 5.26. The van der Waals surface area contributed by atoms with Gasteiger partial charge in [-0.15, -0.1) is 11.3 Å². The number of hydrogen-bond acceptors (Lipinski definition) is 3. The molecule has 3 heteroatoms. The molecule has 0 aliphatic carbocycles. The van der Waals surface area contributed by atoms with E-state index in [1.807, 2.05) is 11.3 Å². The van der Waals surface area contributed by atoms with Gasteiger partial charge in [-0.2, -0.15) is 0 Å². The molecule has 1 aromatic heterocycles. The lowest BCUT2D eigenvalue weighted by molar-refractivity contribution is 0.169. The van der Waals surface area contributed by atoms with Crippen LogP contribution in [-0.2, 0) is 13.0 Å². The molecular formula is C14H24N2S. The Hall–Kier alpha value is -0.380. The normalized spacial score (nSPS) is 22.2. The quantitative estimate of drug-likeness (QED) is 0.886. The van der Waals surface area contributed by atoms with Crippen LogP contribution in [0.4, 0.5) is 0 Å². The van der Waals surface area contributed by atoms with Gasteiger partial charge in [-0.25, -0.2) is 0 Å². The topological polar surface area (TPSA) is 15.3 Å². The first kappa shape index (κ1) is 13.1. The Bertz CT molecular complexity index is 346. The number of hydrogen-bond donors (Lipinski definition) is 1. The Morgan fingerprint density at radius 1 is 1.53 bits per heavy atom. The molecule has 1 N–H and O–H groups in total. The van der Waals surface area contributed by atoms with Crippen LogP contribution >= 0.6 is 11.3 Å². The molecule has 1 atom stereocenters. The molecule has 0 saturated carbocycles. The number of thiophene rings is 1. The number of piperazine rings is 1. The van der Waals surface area contributed by atoms with Gasteiger partial charge in [0.15, 0.2) is 0 Å². The molecule has 0 radical (unpaired) electrons.